The maximum atomic E-state index is 4.20. The Morgan fingerprint density at radius 2 is 1.95 bits per heavy atom. The lowest BCUT2D eigenvalue weighted by atomic mass is 9.81. The van der Waals surface area contributed by atoms with E-state index < -0.39 is 0 Å². The van der Waals surface area contributed by atoms with Gasteiger partial charge in [-0.3, -0.25) is 5.10 Å². The number of hydrogen-bond donors (Lipinski definition) is 2. The predicted octanol–water partition coefficient (Wildman–Crippen LogP) is 3.22. The summed E-state index contributed by atoms with van der Waals surface area (Å²) in [6, 6.07) is 11.2. The summed E-state index contributed by atoms with van der Waals surface area (Å²) >= 11 is 0. The van der Waals surface area contributed by atoms with Gasteiger partial charge in [0.05, 0.1) is 6.54 Å². The fourth-order valence-corrected chi connectivity index (χ4v) is 3.21. The van der Waals surface area contributed by atoms with Crippen LogP contribution in [0.25, 0.3) is 0 Å². The Morgan fingerprint density at radius 3 is 2.65 bits per heavy atom. The van der Waals surface area contributed by atoms with E-state index in [0.29, 0.717) is 6.04 Å². The van der Waals surface area contributed by atoms with Gasteiger partial charge >= 0.3 is 0 Å². The van der Waals surface area contributed by atoms with E-state index in [2.05, 4.69) is 50.8 Å². The van der Waals surface area contributed by atoms with Crippen molar-refractivity contribution in [2.75, 3.05) is 0 Å². The van der Waals surface area contributed by atoms with Crippen molar-refractivity contribution in [1.29, 1.82) is 0 Å². The molecule has 20 heavy (non-hydrogen) atoms. The van der Waals surface area contributed by atoms with Gasteiger partial charge < -0.3 is 5.32 Å². The van der Waals surface area contributed by atoms with Crippen molar-refractivity contribution in [3.63, 3.8) is 0 Å². The third-order valence-electron chi connectivity index (χ3n) is 4.23. The summed E-state index contributed by atoms with van der Waals surface area (Å²) < 4.78 is 0. The molecule has 1 saturated carbocycles. The largest absolute Gasteiger partial charge is 0.303 e. The molecule has 0 radical (unpaired) electrons. The minimum Gasteiger partial charge on any atom is -0.303 e. The first-order valence-corrected chi connectivity index (χ1v) is 7.56. The number of rotatable bonds is 5. The van der Waals surface area contributed by atoms with E-state index in [0.717, 1.165) is 18.3 Å². The van der Waals surface area contributed by atoms with Gasteiger partial charge in [0.2, 0.25) is 0 Å². The number of nitrogens with zero attached hydrogens (tertiary/aromatic N) is 2. The van der Waals surface area contributed by atoms with Gasteiger partial charge in [0.1, 0.15) is 12.2 Å². The molecule has 0 amide bonds. The molecule has 0 aliphatic heterocycles. The van der Waals surface area contributed by atoms with Gasteiger partial charge in [-0.1, -0.05) is 49.6 Å². The molecule has 0 saturated heterocycles. The van der Waals surface area contributed by atoms with Crippen LogP contribution in [0.2, 0.25) is 0 Å². The molecule has 3 rings (SSSR count). The lowest BCUT2D eigenvalue weighted by Crippen LogP contribution is -2.29. The molecule has 1 atom stereocenters. The highest BCUT2D eigenvalue weighted by Crippen LogP contribution is 2.34. The van der Waals surface area contributed by atoms with Gasteiger partial charge in [-0.15, -0.1) is 0 Å². The summed E-state index contributed by atoms with van der Waals surface area (Å²) in [7, 11) is 0. The summed E-state index contributed by atoms with van der Waals surface area (Å²) in [6.45, 7) is 0.746. The van der Waals surface area contributed by atoms with Gasteiger partial charge in [0.15, 0.2) is 0 Å². The van der Waals surface area contributed by atoms with Crippen LogP contribution < -0.4 is 5.32 Å². The minimum atomic E-state index is 0.418. The third-order valence-corrected chi connectivity index (χ3v) is 4.23. The van der Waals surface area contributed by atoms with Crippen LogP contribution in [0.5, 0.6) is 0 Å². The second-order valence-electron chi connectivity index (χ2n) is 5.60. The molecule has 1 aliphatic rings. The van der Waals surface area contributed by atoms with E-state index in [-0.39, 0.29) is 0 Å². The van der Waals surface area contributed by atoms with E-state index in [1.165, 1.54) is 37.7 Å². The highest BCUT2D eigenvalue weighted by atomic mass is 15.2. The maximum Gasteiger partial charge on any atom is 0.138 e. The van der Waals surface area contributed by atoms with Crippen LogP contribution in [-0.4, -0.2) is 15.2 Å². The molecule has 4 heteroatoms. The zero-order valence-electron chi connectivity index (χ0n) is 11.8. The van der Waals surface area contributed by atoms with Crippen LogP contribution in [0.15, 0.2) is 36.7 Å². The molecule has 2 aromatic rings. The number of aromatic amines is 1. The topological polar surface area (TPSA) is 53.6 Å². The molecule has 1 heterocycles. The SMILES string of the molecule is c1ccc(C(NCc2ncn[nH]2)C2CCCCC2)cc1. The second-order valence-corrected chi connectivity index (χ2v) is 5.60. The first kappa shape index (κ1) is 13.3. The van der Waals surface area contributed by atoms with Crippen LogP contribution in [0.4, 0.5) is 0 Å². The Bertz CT molecular complexity index is 488. The lowest BCUT2D eigenvalue weighted by Gasteiger charge is -2.31. The van der Waals surface area contributed by atoms with Crippen molar-refractivity contribution in [2.45, 2.75) is 44.7 Å². The first-order valence-electron chi connectivity index (χ1n) is 7.56. The first-order chi connectivity index (χ1) is 9.93. The standard InChI is InChI=1S/C16H22N4/c1-3-7-13(8-4-1)16(14-9-5-2-6-10-14)17-11-15-18-12-19-20-15/h1,3-4,7-8,12,14,16-17H,2,5-6,9-11H2,(H,18,19,20). The van der Waals surface area contributed by atoms with Gasteiger partial charge in [-0.2, -0.15) is 5.10 Å². The second kappa shape index (κ2) is 6.66. The number of aromatic nitrogens is 3. The van der Waals surface area contributed by atoms with Crippen LogP contribution in [-0.2, 0) is 6.54 Å². The average Bonchev–Trinajstić information content (AvgIpc) is 3.03. The third kappa shape index (κ3) is 3.25. The van der Waals surface area contributed by atoms with E-state index in [1.807, 2.05) is 0 Å². The molecule has 1 fully saturated rings. The molecule has 0 spiro atoms. The molecule has 106 valence electrons. The summed E-state index contributed by atoms with van der Waals surface area (Å²) in [4.78, 5) is 4.20. The molecule has 1 aromatic carbocycles. The highest BCUT2D eigenvalue weighted by Gasteiger charge is 2.24. The normalized spacial score (nSPS) is 18.0. The summed E-state index contributed by atoms with van der Waals surface area (Å²) in [5.74, 6) is 1.64. The van der Waals surface area contributed by atoms with Gasteiger partial charge in [-0.25, -0.2) is 4.98 Å². The smallest absolute Gasteiger partial charge is 0.138 e. The average molecular weight is 270 g/mol. The zero-order valence-corrected chi connectivity index (χ0v) is 11.8. The van der Waals surface area contributed by atoms with Gasteiger partial charge in [0.25, 0.3) is 0 Å². The van der Waals surface area contributed by atoms with Crippen molar-refractivity contribution < 1.29 is 0 Å². The van der Waals surface area contributed by atoms with Crippen LogP contribution >= 0.6 is 0 Å². The predicted molar refractivity (Wildman–Crippen MR) is 79.0 cm³/mol. The van der Waals surface area contributed by atoms with Crippen LogP contribution in [0, 0.1) is 5.92 Å². The summed E-state index contributed by atoms with van der Waals surface area (Å²) in [6.07, 6.45) is 8.32. The number of hydrogen-bond acceptors (Lipinski definition) is 3. The fraction of sp³-hybridized carbons (Fsp3) is 0.500. The Labute approximate surface area is 120 Å². The van der Waals surface area contributed by atoms with E-state index in [9.17, 15) is 0 Å². The molecular formula is C16H22N4. The Kier molecular flexibility index (Phi) is 4.43. The lowest BCUT2D eigenvalue weighted by molar-refractivity contribution is 0.269. The van der Waals surface area contributed by atoms with Gasteiger partial charge in [-0.05, 0) is 24.3 Å². The minimum absolute atomic E-state index is 0.418. The zero-order chi connectivity index (χ0) is 13.6. The monoisotopic (exact) mass is 270 g/mol. The van der Waals surface area contributed by atoms with Crippen molar-refractivity contribution in [3.8, 4) is 0 Å². The van der Waals surface area contributed by atoms with E-state index in [1.54, 1.807) is 6.33 Å². The van der Waals surface area contributed by atoms with Crippen LogP contribution in [0.3, 0.4) is 0 Å². The molecule has 1 unspecified atom stereocenters. The summed E-state index contributed by atoms with van der Waals surface area (Å²) in [5, 5.41) is 10.5. The highest BCUT2D eigenvalue weighted by molar-refractivity contribution is 5.20. The Hall–Kier alpha value is -1.68. The quantitative estimate of drug-likeness (QED) is 0.877. The molecule has 4 nitrogen and oxygen atoms in total. The van der Waals surface area contributed by atoms with E-state index >= 15 is 0 Å². The Balaban J connectivity index is 1.72. The molecule has 1 aromatic heterocycles. The fourth-order valence-electron chi connectivity index (χ4n) is 3.21. The Morgan fingerprint density at radius 1 is 1.15 bits per heavy atom. The molecular weight excluding hydrogens is 248 g/mol. The summed E-state index contributed by atoms with van der Waals surface area (Å²) in [5.41, 5.74) is 1.39. The molecule has 0 bridgehead atoms. The molecule has 1 aliphatic carbocycles. The van der Waals surface area contributed by atoms with Crippen molar-refractivity contribution >= 4 is 0 Å². The number of H-pyrrole nitrogens is 1. The molecule has 2 N–H and O–H groups in total. The van der Waals surface area contributed by atoms with E-state index in [4.69, 9.17) is 0 Å². The van der Waals surface area contributed by atoms with Gasteiger partial charge in [0, 0.05) is 6.04 Å². The number of benzene rings is 1. The van der Waals surface area contributed by atoms with Crippen molar-refractivity contribution in [1.82, 2.24) is 20.5 Å². The van der Waals surface area contributed by atoms with Crippen molar-refractivity contribution in [3.05, 3.63) is 48.0 Å². The number of nitrogens with one attached hydrogen (secondary N) is 2. The van der Waals surface area contributed by atoms with Crippen molar-refractivity contribution in [2.24, 2.45) is 5.92 Å². The maximum absolute atomic E-state index is 4.20. The van der Waals surface area contributed by atoms with Crippen LogP contribution in [0.1, 0.15) is 49.5 Å².